The van der Waals surface area contributed by atoms with Crippen LogP contribution in [0, 0.1) is 0 Å². The number of rotatable bonds is 3. The molecule has 0 spiro atoms. The lowest BCUT2D eigenvalue weighted by Crippen LogP contribution is -2.22. The van der Waals surface area contributed by atoms with Crippen molar-refractivity contribution in [3.05, 3.63) is 34.5 Å². The molecule has 15 heavy (non-hydrogen) atoms. The molecule has 4 heteroatoms. The third kappa shape index (κ3) is 2.11. The van der Waals surface area contributed by atoms with Gasteiger partial charge >= 0.3 is 0 Å². The van der Waals surface area contributed by atoms with Crippen molar-refractivity contribution in [3.8, 4) is 9.75 Å². The van der Waals surface area contributed by atoms with Crippen LogP contribution < -0.4 is 0 Å². The normalized spacial score (nSPS) is 15.1. The molecule has 2 aromatic heterocycles. The van der Waals surface area contributed by atoms with E-state index in [1.165, 1.54) is 4.88 Å². The van der Waals surface area contributed by atoms with E-state index < -0.39 is 5.60 Å². The van der Waals surface area contributed by atoms with Crippen molar-refractivity contribution in [1.29, 1.82) is 0 Å². The van der Waals surface area contributed by atoms with Crippen LogP contribution in [0.1, 0.15) is 12.5 Å². The van der Waals surface area contributed by atoms with Gasteiger partial charge in [0.1, 0.15) is 5.60 Å². The summed E-state index contributed by atoms with van der Waals surface area (Å²) in [6.45, 7) is 1.75. The highest BCUT2D eigenvalue weighted by molar-refractivity contribution is 7.20. The first-order chi connectivity index (χ1) is 7.15. The second-order valence-electron chi connectivity index (χ2n) is 3.55. The quantitative estimate of drug-likeness (QED) is 0.828. The number of alkyl halides is 1. The number of aliphatic hydroxyl groups is 1. The van der Waals surface area contributed by atoms with Crippen LogP contribution in [0.15, 0.2) is 29.0 Å². The van der Waals surface area contributed by atoms with Crippen molar-refractivity contribution in [3.63, 3.8) is 0 Å². The monoisotopic (exact) mass is 258 g/mol. The highest BCUT2D eigenvalue weighted by Gasteiger charge is 2.26. The van der Waals surface area contributed by atoms with Crippen molar-refractivity contribution in [2.45, 2.75) is 12.5 Å². The average molecular weight is 259 g/mol. The molecule has 2 heterocycles. The maximum atomic E-state index is 10.1. The van der Waals surface area contributed by atoms with E-state index in [1.807, 2.05) is 22.9 Å². The molecule has 0 saturated carbocycles. The summed E-state index contributed by atoms with van der Waals surface area (Å²) in [5, 5.41) is 14.2. The highest BCUT2D eigenvalue weighted by Crippen LogP contribution is 2.38. The molecule has 0 aliphatic rings. The highest BCUT2D eigenvalue weighted by atomic mass is 35.5. The van der Waals surface area contributed by atoms with Crippen molar-refractivity contribution < 1.29 is 5.11 Å². The van der Waals surface area contributed by atoms with Gasteiger partial charge in [0.2, 0.25) is 0 Å². The summed E-state index contributed by atoms with van der Waals surface area (Å²) in [6.07, 6.45) is 0. The zero-order valence-corrected chi connectivity index (χ0v) is 10.6. The fourth-order valence-corrected chi connectivity index (χ4v) is 3.45. The van der Waals surface area contributed by atoms with E-state index in [-0.39, 0.29) is 5.88 Å². The Labute approximate surface area is 102 Å². The van der Waals surface area contributed by atoms with Crippen molar-refractivity contribution >= 4 is 34.3 Å². The van der Waals surface area contributed by atoms with Gasteiger partial charge < -0.3 is 5.11 Å². The second kappa shape index (κ2) is 4.26. The van der Waals surface area contributed by atoms with Crippen molar-refractivity contribution in [2.24, 2.45) is 0 Å². The molecule has 0 bridgehead atoms. The Morgan fingerprint density at radius 2 is 2.13 bits per heavy atom. The summed E-state index contributed by atoms with van der Waals surface area (Å²) >= 11 is 9.09. The van der Waals surface area contributed by atoms with Crippen LogP contribution in [0.4, 0.5) is 0 Å². The van der Waals surface area contributed by atoms with Gasteiger partial charge in [-0.15, -0.1) is 34.3 Å². The first-order valence-electron chi connectivity index (χ1n) is 4.55. The molecule has 1 unspecified atom stereocenters. The molecule has 0 fully saturated rings. The first-order valence-corrected chi connectivity index (χ1v) is 6.85. The van der Waals surface area contributed by atoms with Gasteiger partial charge in [-0.1, -0.05) is 6.07 Å². The summed E-state index contributed by atoms with van der Waals surface area (Å²) in [6, 6.07) is 6.02. The molecule has 0 saturated heterocycles. The average Bonchev–Trinajstić information content (AvgIpc) is 2.87. The van der Waals surface area contributed by atoms with Gasteiger partial charge in [0.15, 0.2) is 0 Å². The molecule has 0 aliphatic heterocycles. The zero-order chi connectivity index (χ0) is 10.9. The Morgan fingerprint density at radius 1 is 1.33 bits per heavy atom. The van der Waals surface area contributed by atoms with Crippen LogP contribution in [-0.2, 0) is 5.60 Å². The minimum Gasteiger partial charge on any atom is -0.384 e. The molecule has 2 rings (SSSR count). The van der Waals surface area contributed by atoms with Crippen molar-refractivity contribution in [2.75, 3.05) is 5.88 Å². The third-order valence-electron chi connectivity index (χ3n) is 2.25. The van der Waals surface area contributed by atoms with Crippen molar-refractivity contribution in [1.82, 2.24) is 0 Å². The minimum atomic E-state index is -0.944. The number of hydrogen-bond acceptors (Lipinski definition) is 3. The minimum absolute atomic E-state index is 0.210. The van der Waals surface area contributed by atoms with Crippen LogP contribution in [-0.4, -0.2) is 11.0 Å². The van der Waals surface area contributed by atoms with Crippen LogP contribution >= 0.6 is 34.3 Å². The van der Waals surface area contributed by atoms with Gasteiger partial charge in [0.05, 0.1) is 10.8 Å². The summed E-state index contributed by atoms with van der Waals surface area (Å²) in [5.74, 6) is 0.210. The lowest BCUT2D eigenvalue weighted by molar-refractivity contribution is 0.0834. The van der Waals surface area contributed by atoms with Gasteiger partial charge in [-0.2, -0.15) is 0 Å². The van der Waals surface area contributed by atoms with Gasteiger partial charge in [-0.3, -0.25) is 0 Å². The molecule has 1 atom stereocenters. The Bertz CT molecular complexity index is 431. The Hall–Kier alpha value is -0.350. The standard InChI is InChI=1S/C11H11ClOS2/c1-11(13,7-12)8-4-6-15-10(8)9-3-2-5-14-9/h2-6,13H,7H2,1H3. The Kier molecular flexibility index (Phi) is 3.16. The lowest BCUT2D eigenvalue weighted by atomic mass is 9.98. The fraction of sp³-hybridized carbons (Fsp3) is 0.273. The van der Waals surface area contributed by atoms with Crippen LogP contribution in [0.5, 0.6) is 0 Å². The second-order valence-corrected chi connectivity index (χ2v) is 5.68. The number of thiophene rings is 2. The maximum absolute atomic E-state index is 10.1. The SMILES string of the molecule is CC(O)(CCl)c1ccsc1-c1cccs1. The number of hydrogen-bond donors (Lipinski definition) is 1. The predicted molar refractivity (Wildman–Crippen MR) is 67.9 cm³/mol. The lowest BCUT2D eigenvalue weighted by Gasteiger charge is -2.20. The summed E-state index contributed by atoms with van der Waals surface area (Å²) in [7, 11) is 0. The maximum Gasteiger partial charge on any atom is 0.102 e. The molecular formula is C11H11ClOS2. The molecule has 2 aromatic rings. The molecule has 80 valence electrons. The van der Waals surface area contributed by atoms with E-state index in [9.17, 15) is 5.11 Å². The molecule has 1 nitrogen and oxygen atoms in total. The third-order valence-corrected chi connectivity index (χ3v) is 4.74. The fourth-order valence-electron chi connectivity index (χ4n) is 1.40. The molecule has 0 radical (unpaired) electrons. The summed E-state index contributed by atoms with van der Waals surface area (Å²) in [5.41, 5.74) is -0.0223. The van der Waals surface area contributed by atoms with Gasteiger partial charge in [0, 0.05) is 10.4 Å². The Morgan fingerprint density at radius 3 is 2.73 bits per heavy atom. The molecule has 0 aromatic carbocycles. The van der Waals surface area contributed by atoms with Gasteiger partial charge in [-0.05, 0) is 29.8 Å². The molecule has 0 aliphatic carbocycles. The largest absolute Gasteiger partial charge is 0.384 e. The number of halogens is 1. The smallest absolute Gasteiger partial charge is 0.102 e. The van der Waals surface area contributed by atoms with E-state index in [0.29, 0.717) is 0 Å². The summed E-state index contributed by atoms with van der Waals surface area (Å²) in [4.78, 5) is 2.31. The summed E-state index contributed by atoms with van der Waals surface area (Å²) < 4.78 is 0. The Balaban J connectivity index is 2.47. The van der Waals surface area contributed by atoms with Crippen LogP contribution in [0.25, 0.3) is 9.75 Å². The molecule has 1 N–H and O–H groups in total. The molecule has 0 amide bonds. The first kappa shape index (κ1) is 11.1. The predicted octanol–water partition coefficient (Wildman–Crippen LogP) is 3.92. The van der Waals surface area contributed by atoms with E-state index >= 15 is 0 Å². The zero-order valence-electron chi connectivity index (χ0n) is 8.24. The topological polar surface area (TPSA) is 20.2 Å². The van der Waals surface area contributed by atoms with Gasteiger partial charge in [-0.25, -0.2) is 0 Å². The van der Waals surface area contributed by atoms with Crippen LogP contribution in [0.3, 0.4) is 0 Å². The van der Waals surface area contributed by atoms with E-state index in [2.05, 4.69) is 6.07 Å². The van der Waals surface area contributed by atoms with Crippen LogP contribution in [0.2, 0.25) is 0 Å². The van der Waals surface area contributed by atoms with E-state index in [4.69, 9.17) is 11.6 Å². The van der Waals surface area contributed by atoms with E-state index in [1.54, 1.807) is 29.6 Å². The van der Waals surface area contributed by atoms with E-state index in [0.717, 1.165) is 10.4 Å². The van der Waals surface area contributed by atoms with Gasteiger partial charge in [0.25, 0.3) is 0 Å². The molecular weight excluding hydrogens is 248 g/mol.